The lowest BCUT2D eigenvalue weighted by Gasteiger charge is -2.37. The zero-order valence-corrected chi connectivity index (χ0v) is 18.6. The Bertz CT molecular complexity index is 670. The van der Waals surface area contributed by atoms with Gasteiger partial charge < -0.3 is 19.9 Å². The summed E-state index contributed by atoms with van der Waals surface area (Å²) < 4.78 is 13.1. The normalized spacial score (nSPS) is 25.2. The number of allylic oxidation sites excluding steroid dienone is 1. The molecule has 0 unspecified atom stereocenters. The van der Waals surface area contributed by atoms with Gasteiger partial charge in [-0.2, -0.15) is 0 Å². The van der Waals surface area contributed by atoms with E-state index in [0.717, 1.165) is 24.8 Å². The monoisotopic (exact) mass is 499 g/mol. The maximum atomic E-state index is 12.9. The summed E-state index contributed by atoms with van der Waals surface area (Å²) in [7, 11) is 0. The van der Waals surface area contributed by atoms with Crippen LogP contribution in [0.5, 0.6) is 0 Å². The number of rotatable bonds is 8. The largest absolute Gasteiger partial charge is 0.459 e. The summed E-state index contributed by atoms with van der Waals surface area (Å²) >= 11 is 2.29. The maximum Gasteiger partial charge on any atom is 0.286 e. The first-order chi connectivity index (χ1) is 13.6. The number of amides is 1. The van der Waals surface area contributed by atoms with Gasteiger partial charge in [0.1, 0.15) is 0 Å². The van der Waals surface area contributed by atoms with E-state index in [0.29, 0.717) is 18.8 Å². The van der Waals surface area contributed by atoms with Crippen LogP contribution in [0.1, 0.15) is 56.9 Å². The van der Waals surface area contributed by atoms with Crippen LogP contribution in [0.15, 0.2) is 36.1 Å². The molecule has 0 bridgehead atoms. The van der Waals surface area contributed by atoms with E-state index in [2.05, 4.69) is 52.2 Å². The van der Waals surface area contributed by atoms with Crippen LogP contribution in [0.3, 0.4) is 0 Å². The van der Waals surface area contributed by atoms with Gasteiger partial charge in [-0.25, -0.2) is 0 Å². The van der Waals surface area contributed by atoms with E-state index in [1.54, 1.807) is 0 Å². The van der Waals surface area contributed by atoms with Crippen molar-refractivity contribution in [3.63, 3.8) is 0 Å². The van der Waals surface area contributed by atoms with Crippen LogP contribution in [0.4, 0.5) is 0 Å². The summed E-state index contributed by atoms with van der Waals surface area (Å²) in [6, 6.07) is 8.61. The minimum Gasteiger partial charge on any atom is -0.459 e. The molecule has 28 heavy (non-hydrogen) atoms. The van der Waals surface area contributed by atoms with Crippen LogP contribution in [0.25, 0.3) is 0 Å². The topological polar surface area (TPSA) is 67.8 Å². The Morgan fingerprint density at radius 2 is 2.00 bits per heavy atom. The van der Waals surface area contributed by atoms with Crippen LogP contribution in [0.2, 0.25) is 0 Å². The number of carbonyl (C=O) groups excluding carboxylic acids is 1. The van der Waals surface area contributed by atoms with E-state index in [4.69, 9.17) is 9.47 Å². The molecule has 1 heterocycles. The van der Waals surface area contributed by atoms with E-state index in [1.165, 1.54) is 16.4 Å². The number of carbonyl (C=O) groups is 1. The average molecular weight is 499 g/mol. The van der Waals surface area contributed by atoms with E-state index in [1.807, 2.05) is 13.0 Å². The van der Waals surface area contributed by atoms with Gasteiger partial charge in [0, 0.05) is 34.7 Å². The quantitative estimate of drug-likeness (QED) is 0.529. The molecule has 1 aromatic carbocycles. The first kappa shape index (κ1) is 21.6. The van der Waals surface area contributed by atoms with E-state index < -0.39 is 6.29 Å². The summed E-state index contributed by atoms with van der Waals surface area (Å²) in [5.41, 5.74) is 1.14. The fourth-order valence-electron chi connectivity index (χ4n) is 4.16. The molecule has 1 aliphatic heterocycles. The van der Waals surface area contributed by atoms with Gasteiger partial charge in [0.05, 0.1) is 0 Å². The number of aliphatic hydroxyl groups excluding tert-OH is 1. The van der Waals surface area contributed by atoms with Crippen LogP contribution in [-0.4, -0.2) is 36.6 Å². The molecule has 154 valence electrons. The minimum absolute atomic E-state index is 0.0122. The average Bonchev–Trinajstić information content (AvgIpc) is 3.20. The van der Waals surface area contributed by atoms with Gasteiger partial charge in [0.25, 0.3) is 5.91 Å². The number of hydrogen-bond acceptors (Lipinski definition) is 4. The predicted octanol–water partition coefficient (Wildman–Crippen LogP) is 4.10. The van der Waals surface area contributed by atoms with Gasteiger partial charge >= 0.3 is 0 Å². The van der Waals surface area contributed by atoms with Gasteiger partial charge in [-0.3, -0.25) is 4.79 Å². The van der Waals surface area contributed by atoms with Gasteiger partial charge in [-0.05, 0) is 79.0 Å². The molecule has 1 aromatic rings. The van der Waals surface area contributed by atoms with Crippen molar-refractivity contribution in [2.45, 2.75) is 63.7 Å². The smallest absolute Gasteiger partial charge is 0.286 e. The standard InChI is InChI=1S/C22H30INO4/c1-2-27-22-18(8-5-13-25)19(15-9-11-16(23)12-10-15)14-20(28-22)21(26)24-17-6-3-4-7-17/h9-12,14,17-19,22,25H,2-8,13H2,1H3,(H,24,26)/t18-,19+,22+/m1/s1. The van der Waals surface area contributed by atoms with Crippen LogP contribution < -0.4 is 5.32 Å². The SMILES string of the molecule is CCO[C@H]1OC(C(=O)NC2CCCC2)=C[C@@H](c2ccc(I)cc2)[C@H]1CCCO. The van der Waals surface area contributed by atoms with Gasteiger partial charge in [-0.15, -0.1) is 0 Å². The van der Waals surface area contributed by atoms with Crippen molar-refractivity contribution in [1.82, 2.24) is 5.32 Å². The summed E-state index contributed by atoms with van der Waals surface area (Å²) in [6.07, 6.45) is 7.31. The molecule has 0 radical (unpaired) electrons. The molecule has 0 aromatic heterocycles. The van der Waals surface area contributed by atoms with Gasteiger partial charge in [-0.1, -0.05) is 25.0 Å². The van der Waals surface area contributed by atoms with Crippen molar-refractivity contribution in [3.8, 4) is 0 Å². The molecule has 3 rings (SSSR count). The number of halogens is 1. The number of benzene rings is 1. The Kier molecular flexibility index (Phi) is 8.17. The summed E-state index contributed by atoms with van der Waals surface area (Å²) in [6.45, 7) is 2.58. The van der Waals surface area contributed by atoms with Crippen molar-refractivity contribution in [2.75, 3.05) is 13.2 Å². The molecule has 6 heteroatoms. The van der Waals surface area contributed by atoms with Crippen molar-refractivity contribution >= 4 is 28.5 Å². The van der Waals surface area contributed by atoms with Crippen molar-refractivity contribution in [1.29, 1.82) is 0 Å². The van der Waals surface area contributed by atoms with Gasteiger partial charge in [0.15, 0.2) is 5.76 Å². The zero-order chi connectivity index (χ0) is 19.9. The Hall–Kier alpha value is -1.12. The highest BCUT2D eigenvalue weighted by atomic mass is 127. The Morgan fingerprint density at radius 3 is 2.64 bits per heavy atom. The first-order valence-corrected chi connectivity index (χ1v) is 11.4. The lowest BCUT2D eigenvalue weighted by atomic mass is 9.80. The molecule has 2 aliphatic rings. The molecular formula is C22H30INO4. The van der Waals surface area contributed by atoms with Crippen molar-refractivity contribution in [2.24, 2.45) is 5.92 Å². The molecule has 1 amide bonds. The molecule has 0 spiro atoms. The number of ether oxygens (including phenoxy) is 2. The molecule has 1 fully saturated rings. The Balaban J connectivity index is 1.87. The second-order valence-electron chi connectivity index (χ2n) is 7.53. The third-order valence-corrected chi connectivity index (χ3v) is 6.30. The first-order valence-electron chi connectivity index (χ1n) is 10.3. The molecule has 1 aliphatic carbocycles. The second-order valence-corrected chi connectivity index (χ2v) is 8.78. The van der Waals surface area contributed by atoms with Gasteiger partial charge in [0.2, 0.25) is 6.29 Å². The minimum atomic E-state index is -0.491. The number of aliphatic hydroxyl groups is 1. The molecule has 1 saturated carbocycles. The number of hydrogen-bond donors (Lipinski definition) is 2. The predicted molar refractivity (Wildman–Crippen MR) is 117 cm³/mol. The molecule has 0 saturated heterocycles. The highest BCUT2D eigenvalue weighted by Crippen LogP contribution is 2.39. The summed E-state index contributed by atoms with van der Waals surface area (Å²) in [4.78, 5) is 12.9. The zero-order valence-electron chi connectivity index (χ0n) is 16.4. The van der Waals surface area contributed by atoms with E-state index in [9.17, 15) is 9.90 Å². The fraction of sp³-hybridized carbons (Fsp3) is 0.591. The van der Waals surface area contributed by atoms with E-state index >= 15 is 0 Å². The van der Waals surface area contributed by atoms with Crippen molar-refractivity contribution < 1.29 is 19.4 Å². The highest BCUT2D eigenvalue weighted by molar-refractivity contribution is 14.1. The maximum absolute atomic E-state index is 12.9. The molecular weight excluding hydrogens is 469 g/mol. The lowest BCUT2D eigenvalue weighted by Crippen LogP contribution is -2.41. The lowest BCUT2D eigenvalue weighted by molar-refractivity contribution is -0.166. The summed E-state index contributed by atoms with van der Waals surface area (Å²) in [5, 5.41) is 12.5. The van der Waals surface area contributed by atoms with Crippen LogP contribution in [0, 0.1) is 9.49 Å². The van der Waals surface area contributed by atoms with E-state index in [-0.39, 0.29) is 30.4 Å². The van der Waals surface area contributed by atoms with Crippen LogP contribution in [-0.2, 0) is 14.3 Å². The highest BCUT2D eigenvalue weighted by Gasteiger charge is 2.38. The Labute approximate surface area is 181 Å². The third-order valence-electron chi connectivity index (χ3n) is 5.58. The molecule has 3 atom stereocenters. The third kappa shape index (κ3) is 5.48. The second kappa shape index (κ2) is 10.6. The van der Waals surface area contributed by atoms with Crippen molar-refractivity contribution in [3.05, 3.63) is 45.2 Å². The summed E-state index contributed by atoms with van der Waals surface area (Å²) in [5.74, 6) is 0.273. The fourth-order valence-corrected chi connectivity index (χ4v) is 4.52. The molecule has 5 nitrogen and oxygen atoms in total. The van der Waals surface area contributed by atoms with Crippen LogP contribution >= 0.6 is 22.6 Å². The Morgan fingerprint density at radius 1 is 1.29 bits per heavy atom. The number of nitrogens with one attached hydrogen (secondary N) is 1. The molecule has 2 N–H and O–H groups in total.